The zero-order chi connectivity index (χ0) is 21.9. The van der Waals surface area contributed by atoms with Gasteiger partial charge in [0.25, 0.3) is 0 Å². The Morgan fingerprint density at radius 1 is 0.844 bits per heavy atom. The van der Waals surface area contributed by atoms with E-state index in [9.17, 15) is 0 Å². The molecular weight excluding hydrogens is 436 g/mol. The van der Waals surface area contributed by atoms with Crippen LogP contribution < -0.4 is 15.8 Å². The van der Waals surface area contributed by atoms with Crippen molar-refractivity contribution in [3.05, 3.63) is 101 Å². The molecular formula is C24H20N6S2. The van der Waals surface area contributed by atoms with E-state index in [1.807, 2.05) is 105 Å². The summed E-state index contributed by atoms with van der Waals surface area (Å²) in [6, 6.07) is 29.6. The van der Waals surface area contributed by atoms with Gasteiger partial charge in [-0.2, -0.15) is 4.98 Å². The van der Waals surface area contributed by atoms with Gasteiger partial charge in [-0.15, -0.1) is 0 Å². The van der Waals surface area contributed by atoms with Crippen molar-refractivity contribution in [1.82, 2.24) is 14.1 Å². The summed E-state index contributed by atoms with van der Waals surface area (Å²) < 4.78 is 4.54. The van der Waals surface area contributed by atoms with Gasteiger partial charge in [-0.3, -0.25) is 14.0 Å². The van der Waals surface area contributed by atoms with Crippen LogP contribution in [0.3, 0.4) is 0 Å². The van der Waals surface area contributed by atoms with Gasteiger partial charge in [-0.05, 0) is 60.8 Å². The number of hydrogen-bond donors (Lipinski definition) is 1. The molecule has 1 aliphatic heterocycles. The first kappa shape index (κ1) is 20.3. The molecule has 5 rings (SSSR count). The molecule has 0 amide bonds. The third-order valence-electron chi connectivity index (χ3n) is 5.12. The van der Waals surface area contributed by atoms with Gasteiger partial charge in [-0.25, -0.2) is 4.99 Å². The van der Waals surface area contributed by atoms with E-state index in [4.69, 9.17) is 34.4 Å². The fourth-order valence-electron chi connectivity index (χ4n) is 3.59. The highest BCUT2D eigenvalue weighted by atomic mass is 32.1. The molecule has 0 aliphatic carbocycles. The number of thiocarbonyl (C=S) groups is 1. The maximum absolute atomic E-state index is 5.91. The second-order valence-corrected chi connectivity index (χ2v) is 7.96. The molecule has 1 N–H and O–H groups in total. The molecule has 158 valence electrons. The van der Waals surface area contributed by atoms with Crippen LogP contribution in [0.15, 0.2) is 96.0 Å². The number of anilines is 2. The monoisotopic (exact) mass is 456 g/mol. The topological polar surface area (TPSA) is 50.4 Å². The Hall–Kier alpha value is -3.62. The van der Waals surface area contributed by atoms with Crippen molar-refractivity contribution < 1.29 is 0 Å². The molecule has 0 atom stereocenters. The van der Waals surface area contributed by atoms with Crippen molar-refractivity contribution in [2.24, 2.45) is 4.99 Å². The van der Waals surface area contributed by atoms with Crippen LogP contribution in [0, 0.1) is 4.77 Å². The average Bonchev–Trinajstić information content (AvgIpc) is 3.26. The summed E-state index contributed by atoms with van der Waals surface area (Å²) >= 11 is 11.6. The normalized spacial score (nSPS) is 13.1. The number of rotatable bonds is 3. The van der Waals surface area contributed by atoms with Crippen LogP contribution in [0.4, 0.5) is 17.3 Å². The van der Waals surface area contributed by atoms with Crippen molar-refractivity contribution in [2.45, 2.75) is 6.54 Å². The molecule has 0 spiro atoms. The summed E-state index contributed by atoms with van der Waals surface area (Å²) in [6.45, 7) is 1.37. The van der Waals surface area contributed by atoms with Gasteiger partial charge in [0.15, 0.2) is 9.88 Å². The molecule has 3 aromatic carbocycles. The summed E-state index contributed by atoms with van der Waals surface area (Å²) in [5, 5.41) is 3.87. The van der Waals surface area contributed by atoms with Crippen LogP contribution in [0.2, 0.25) is 0 Å². The Balaban J connectivity index is 1.64. The second kappa shape index (κ2) is 8.86. The highest BCUT2D eigenvalue weighted by Crippen LogP contribution is 2.21. The maximum atomic E-state index is 5.91. The third-order valence-corrected chi connectivity index (χ3v) is 5.85. The number of para-hydroxylation sites is 3. The van der Waals surface area contributed by atoms with Gasteiger partial charge >= 0.3 is 0 Å². The maximum Gasteiger partial charge on any atom is 0.240 e. The standard InChI is InChI=1S/C24H20N6S2/c31-23(26-19-12-6-2-7-13-19)28-16-17-29-22(28)27-21(25-18-10-4-1-5-11-18)30(24(29)32)20-14-8-3-9-15-20/h1-15H,16-17H2,(H,26,31). The number of fused-ring (bicyclic) bond motifs is 1. The van der Waals surface area contributed by atoms with Crippen LogP contribution in [0.5, 0.6) is 0 Å². The molecule has 0 bridgehead atoms. The SMILES string of the molecule is S=C(Nc1ccccc1)N1CCn2c1nc(=Nc1ccccc1)n(-c1ccccc1)c2=S. The molecule has 1 aliphatic rings. The van der Waals surface area contributed by atoms with Gasteiger partial charge in [0.05, 0.1) is 11.4 Å². The first-order chi connectivity index (χ1) is 15.7. The zero-order valence-corrected chi connectivity index (χ0v) is 18.8. The van der Waals surface area contributed by atoms with Crippen molar-refractivity contribution in [1.29, 1.82) is 0 Å². The van der Waals surface area contributed by atoms with Crippen molar-refractivity contribution in [3.8, 4) is 5.69 Å². The van der Waals surface area contributed by atoms with Gasteiger partial charge in [0.2, 0.25) is 11.6 Å². The molecule has 8 heteroatoms. The van der Waals surface area contributed by atoms with Gasteiger partial charge < -0.3 is 5.32 Å². The summed E-state index contributed by atoms with van der Waals surface area (Å²) in [4.78, 5) is 11.7. The fourth-order valence-corrected chi connectivity index (χ4v) is 4.24. The van der Waals surface area contributed by atoms with Gasteiger partial charge in [-0.1, -0.05) is 54.6 Å². The zero-order valence-electron chi connectivity index (χ0n) is 17.1. The van der Waals surface area contributed by atoms with E-state index in [2.05, 4.69) is 5.32 Å². The Labute approximate surface area is 196 Å². The lowest BCUT2D eigenvalue weighted by Gasteiger charge is -2.20. The lowest BCUT2D eigenvalue weighted by molar-refractivity contribution is 0.690. The fraction of sp³-hybridized carbons (Fsp3) is 0.0833. The molecule has 0 radical (unpaired) electrons. The van der Waals surface area contributed by atoms with E-state index in [0.29, 0.717) is 34.5 Å². The summed E-state index contributed by atoms with van der Waals surface area (Å²) in [7, 11) is 0. The highest BCUT2D eigenvalue weighted by Gasteiger charge is 2.26. The molecule has 4 aromatic rings. The molecule has 0 saturated carbocycles. The Morgan fingerprint density at radius 3 is 2.16 bits per heavy atom. The smallest absolute Gasteiger partial charge is 0.240 e. The third kappa shape index (κ3) is 3.98. The van der Waals surface area contributed by atoms with Gasteiger partial charge in [0, 0.05) is 18.8 Å². The minimum Gasteiger partial charge on any atom is -0.332 e. The van der Waals surface area contributed by atoms with Crippen LogP contribution in [0.25, 0.3) is 5.69 Å². The molecule has 0 fully saturated rings. The molecule has 0 saturated heterocycles. The predicted molar refractivity (Wildman–Crippen MR) is 134 cm³/mol. The van der Waals surface area contributed by atoms with E-state index in [0.717, 1.165) is 17.1 Å². The highest BCUT2D eigenvalue weighted by molar-refractivity contribution is 7.80. The number of nitrogens with one attached hydrogen (secondary N) is 1. The molecule has 2 heterocycles. The lowest BCUT2D eigenvalue weighted by Crippen LogP contribution is -2.36. The van der Waals surface area contributed by atoms with E-state index >= 15 is 0 Å². The second-order valence-electron chi connectivity index (χ2n) is 7.21. The van der Waals surface area contributed by atoms with Crippen LogP contribution >= 0.6 is 24.4 Å². The van der Waals surface area contributed by atoms with E-state index < -0.39 is 0 Å². The first-order valence-electron chi connectivity index (χ1n) is 10.2. The Bertz CT molecular complexity index is 1380. The summed E-state index contributed by atoms with van der Waals surface area (Å²) in [5.74, 6) is 0.685. The van der Waals surface area contributed by atoms with Crippen molar-refractivity contribution >= 4 is 46.9 Å². The molecule has 32 heavy (non-hydrogen) atoms. The number of benzene rings is 3. The predicted octanol–water partition coefficient (Wildman–Crippen LogP) is 4.85. The Kier molecular flexibility index (Phi) is 5.62. The summed E-state index contributed by atoms with van der Waals surface area (Å²) in [5.41, 5.74) is 3.16. The largest absolute Gasteiger partial charge is 0.332 e. The minimum atomic E-state index is 0.507. The molecule has 6 nitrogen and oxygen atoms in total. The van der Waals surface area contributed by atoms with E-state index in [1.165, 1.54) is 0 Å². The van der Waals surface area contributed by atoms with E-state index in [1.54, 1.807) is 0 Å². The lowest BCUT2D eigenvalue weighted by atomic mass is 10.3. The van der Waals surface area contributed by atoms with Crippen LogP contribution in [0.1, 0.15) is 0 Å². The minimum absolute atomic E-state index is 0.507. The van der Waals surface area contributed by atoms with Crippen LogP contribution in [-0.4, -0.2) is 25.8 Å². The summed E-state index contributed by atoms with van der Waals surface area (Å²) in [6.07, 6.45) is 0. The van der Waals surface area contributed by atoms with Gasteiger partial charge in [0.1, 0.15) is 0 Å². The number of nitrogens with zero attached hydrogens (tertiary/aromatic N) is 5. The van der Waals surface area contributed by atoms with Crippen LogP contribution in [-0.2, 0) is 6.54 Å². The first-order valence-corrected chi connectivity index (χ1v) is 11.0. The van der Waals surface area contributed by atoms with Crippen molar-refractivity contribution in [2.75, 3.05) is 16.8 Å². The quantitative estimate of drug-likeness (QED) is 0.447. The average molecular weight is 457 g/mol. The molecule has 0 unspecified atom stereocenters. The van der Waals surface area contributed by atoms with E-state index in [-0.39, 0.29) is 0 Å². The number of hydrogen-bond acceptors (Lipinski definition) is 4. The van der Waals surface area contributed by atoms with Crippen molar-refractivity contribution in [3.63, 3.8) is 0 Å². The number of aromatic nitrogens is 3. The Morgan fingerprint density at radius 2 is 1.47 bits per heavy atom. The molecule has 1 aromatic heterocycles.